The Kier molecular flexibility index (Phi) is 4.59. The molecule has 0 aliphatic carbocycles. The molecule has 3 heterocycles. The van der Waals surface area contributed by atoms with Crippen LogP contribution < -0.4 is 5.32 Å². The Morgan fingerprint density at radius 1 is 1.38 bits per heavy atom. The zero-order chi connectivity index (χ0) is 17.1. The number of likely N-dealkylation sites (tertiary alicyclic amines) is 1. The zero-order valence-electron chi connectivity index (χ0n) is 13.9. The monoisotopic (exact) mass is 327 g/mol. The number of aryl methyl sites for hydroxylation is 1. The van der Waals surface area contributed by atoms with E-state index in [9.17, 15) is 9.59 Å². The van der Waals surface area contributed by atoms with Gasteiger partial charge >= 0.3 is 0 Å². The molecule has 0 spiro atoms. The van der Waals surface area contributed by atoms with E-state index in [1.54, 1.807) is 30.0 Å². The van der Waals surface area contributed by atoms with Crippen LogP contribution in [-0.4, -0.2) is 37.8 Å². The summed E-state index contributed by atoms with van der Waals surface area (Å²) in [6.07, 6.45) is 7.04. The van der Waals surface area contributed by atoms with Crippen molar-refractivity contribution in [1.82, 2.24) is 24.8 Å². The molecule has 24 heavy (non-hydrogen) atoms. The number of carbonyl (C=O) groups excluding carboxylic acids is 2. The summed E-state index contributed by atoms with van der Waals surface area (Å²) in [5.74, 6) is -0.0948. The molecule has 3 rings (SSSR count). The third kappa shape index (κ3) is 3.29. The summed E-state index contributed by atoms with van der Waals surface area (Å²) >= 11 is 0. The van der Waals surface area contributed by atoms with Crippen molar-refractivity contribution in [2.45, 2.75) is 32.4 Å². The average molecular weight is 327 g/mol. The minimum absolute atomic E-state index is 0.0153. The summed E-state index contributed by atoms with van der Waals surface area (Å²) in [5.41, 5.74) is 2.07. The van der Waals surface area contributed by atoms with Crippen molar-refractivity contribution < 1.29 is 9.59 Å². The lowest BCUT2D eigenvalue weighted by molar-refractivity contribution is -0.129. The van der Waals surface area contributed by atoms with Crippen LogP contribution in [0.25, 0.3) is 0 Å². The highest BCUT2D eigenvalue weighted by atomic mass is 16.2. The number of hydrogen-bond donors (Lipinski definition) is 1. The highest BCUT2D eigenvalue weighted by molar-refractivity contribution is 5.92. The molecule has 1 atom stereocenters. The average Bonchev–Trinajstić information content (AvgIpc) is 3.21. The minimum atomic E-state index is -0.152. The molecule has 2 aromatic rings. The number of hydrogen-bond acceptors (Lipinski definition) is 4. The van der Waals surface area contributed by atoms with Crippen molar-refractivity contribution in [2.24, 2.45) is 7.05 Å². The van der Waals surface area contributed by atoms with Gasteiger partial charge in [0.25, 0.3) is 5.91 Å². The van der Waals surface area contributed by atoms with Crippen molar-refractivity contribution >= 4 is 11.8 Å². The molecule has 1 fully saturated rings. The zero-order valence-corrected chi connectivity index (χ0v) is 13.9. The van der Waals surface area contributed by atoms with Crippen molar-refractivity contribution in [2.75, 3.05) is 6.54 Å². The lowest BCUT2D eigenvalue weighted by Gasteiger charge is -2.22. The van der Waals surface area contributed by atoms with Gasteiger partial charge in [-0.05, 0) is 25.0 Å². The highest BCUT2D eigenvalue weighted by Crippen LogP contribution is 2.30. The van der Waals surface area contributed by atoms with Gasteiger partial charge < -0.3 is 14.8 Å². The molecule has 0 bridgehead atoms. The number of carbonyl (C=O) groups is 2. The van der Waals surface area contributed by atoms with Gasteiger partial charge in [-0.1, -0.05) is 0 Å². The largest absolute Gasteiger partial charge is 0.347 e. The quantitative estimate of drug-likeness (QED) is 0.921. The molecule has 0 saturated carbocycles. The number of aromatic nitrogens is 3. The van der Waals surface area contributed by atoms with Gasteiger partial charge in [-0.25, -0.2) is 0 Å². The maximum Gasteiger partial charge on any atom is 0.268 e. The molecule has 1 N–H and O–H groups in total. The van der Waals surface area contributed by atoms with E-state index in [1.807, 2.05) is 24.2 Å². The SMILES string of the molecule is CC(=O)N1CCC[C@H]1c1cncc(CNC(=O)c2cccn2C)n1. The van der Waals surface area contributed by atoms with Gasteiger partial charge in [0.2, 0.25) is 5.91 Å². The van der Waals surface area contributed by atoms with E-state index in [2.05, 4.69) is 15.3 Å². The third-order valence-electron chi connectivity index (χ3n) is 4.31. The topological polar surface area (TPSA) is 80.1 Å². The molecule has 1 aliphatic heterocycles. The van der Waals surface area contributed by atoms with E-state index in [0.29, 0.717) is 17.9 Å². The fraction of sp³-hybridized carbons (Fsp3) is 0.412. The molecule has 2 aromatic heterocycles. The van der Waals surface area contributed by atoms with Gasteiger partial charge in [0, 0.05) is 26.7 Å². The second kappa shape index (κ2) is 6.82. The van der Waals surface area contributed by atoms with E-state index in [4.69, 9.17) is 0 Å². The summed E-state index contributed by atoms with van der Waals surface area (Å²) in [6, 6.07) is 3.57. The summed E-state index contributed by atoms with van der Waals surface area (Å²) in [7, 11) is 1.83. The number of amides is 2. The Bertz CT molecular complexity index is 755. The summed E-state index contributed by atoms with van der Waals surface area (Å²) in [5, 5.41) is 2.85. The lowest BCUT2D eigenvalue weighted by atomic mass is 10.1. The Morgan fingerprint density at radius 3 is 2.92 bits per heavy atom. The Labute approximate surface area is 140 Å². The molecule has 0 radical (unpaired) electrons. The van der Waals surface area contributed by atoms with Crippen LogP contribution in [0.5, 0.6) is 0 Å². The molecule has 7 heteroatoms. The fourth-order valence-corrected chi connectivity index (χ4v) is 3.08. The third-order valence-corrected chi connectivity index (χ3v) is 4.31. The first-order valence-corrected chi connectivity index (χ1v) is 8.04. The molecule has 7 nitrogen and oxygen atoms in total. The smallest absolute Gasteiger partial charge is 0.268 e. The second-order valence-corrected chi connectivity index (χ2v) is 5.99. The van der Waals surface area contributed by atoms with Crippen LogP contribution in [0.4, 0.5) is 0 Å². The van der Waals surface area contributed by atoms with Crippen molar-refractivity contribution in [3.8, 4) is 0 Å². The molecular weight excluding hydrogens is 306 g/mol. The predicted molar refractivity (Wildman–Crippen MR) is 88.0 cm³/mol. The standard InChI is InChI=1S/C17H21N5O2/c1-12(23)22-8-4-5-15(22)14-11-18-9-13(20-14)10-19-17(24)16-6-3-7-21(16)2/h3,6-7,9,11,15H,4-5,8,10H2,1-2H3,(H,19,24)/t15-/m0/s1. The van der Waals surface area contributed by atoms with Crippen LogP contribution in [0.3, 0.4) is 0 Å². The van der Waals surface area contributed by atoms with E-state index < -0.39 is 0 Å². The fourth-order valence-electron chi connectivity index (χ4n) is 3.08. The summed E-state index contributed by atoms with van der Waals surface area (Å²) in [4.78, 5) is 34.5. The molecule has 126 valence electrons. The van der Waals surface area contributed by atoms with E-state index >= 15 is 0 Å². The lowest BCUT2D eigenvalue weighted by Crippen LogP contribution is -2.29. The van der Waals surface area contributed by atoms with Crippen molar-refractivity contribution in [1.29, 1.82) is 0 Å². The maximum absolute atomic E-state index is 12.1. The van der Waals surface area contributed by atoms with E-state index in [-0.39, 0.29) is 17.9 Å². The van der Waals surface area contributed by atoms with Crippen LogP contribution in [0.2, 0.25) is 0 Å². The Balaban J connectivity index is 1.68. The molecule has 0 unspecified atom stereocenters. The number of rotatable bonds is 4. The van der Waals surface area contributed by atoms with Crippen molar-refractivity contribution in [3.63, 3.8) is 0 Å². The molecular formula is C17H21N5O2. The predicted octanol–water partition coefficient (Wildman–Crippen LogP) is 1.43. The number of nitrogens with one attached hydrogen (secondary N) is 1. The van der Waals surface area contributed by atoms with Crippen molar-refractivity contribution in [3.05, 3.63) is 47.8 Å². The van der Waals surface area contributed by atoms with Crippen LogP contribution in [-0.2, 0) is 18.4 Å². The Hall–Kier alpha value is -2.70. The molecule has 0 aromatic carbocycles. The van der Waals surface area contributed by atoms with E-state index in [1.165, 1.54) is 0 Å². The highest BCUT2D eigenvalue weighted by Gasteiger charge is 2.29. The van der Waals surface area contributed by atoms with Gasteiger partial charge in [-0.3, -0.25) is 19.6 Å². The van der Waals surface area contributed by atoms with Gasteiger partial charge in [0.05, 0.1) is 36.4 Å². The van der Waals surface area contributed by atoms with Gasteiger partial charge in [0.15, 0.2) is 0 Å². The van der Waals surface area contributed by atoms with Crippen LogP contribution >= 0.6 is 0 Å². The first kappa shape index (κ1) is 16.2. The normalized spacial score (nSPS) is 17.1. The summed E-state index contributed by atoms with van der Waals surface area (Å²) < 4.78 is 1.76. The summed E-state index contributed by atoms with van der Waals surface area (Å²) in [6.45, 7) is 2.64. The van der Waals surface area contributed by atoms with Gasteiger partial charge in [-0.15, -0.1) is 0 Å². The van der Waals surface area contributed by atoms with Crippen LogP contribution in [0, 0.1) is 0 Å². The minimum Gasteiger partial charge on any atom is -0.347 e. The number of nitrogens with zero attached hydrogens (tertiary/aromatic N) is 4. The van der Waals surface area contributed by atoms with E-state index in [0.717, 1.165) is 25.1 Å². The first-order valence-electron chi connectivity index (χ1n) is 8.04. The van der Waals surface area contributed by atoms with Gasteiger partial charge in [0.1, 0.15) is 5.69 Å². The second-order valence-electron chi connectivity index (χ2n) is 5.99. The first-order chi connectivity index (χ1) is 11.6. The van der Waals surface area contributed by atoms with Crippen LogP contribution in [0.1, 0.15) is 47.7 Å². The van der Waals surface area contributed by atoms with Gasteiger partial charge in [-0.2, -0.15) is 0 Å². The molecule has 2 amide bonds. The maximum atomic E-state index is 12.1. The Morgan fingerprint density at radius 2 is 2.21 bits per heavy atom. The van der Waals surface area contributed by atoms with Crippen LogP contribution in [0.15, 0.2) is 30.7 Å². The molecule has 1 aliphatic rings. The molecule has 1 saturated heterocycles.